The van der Waals surface area contributed by atoms with Crippen molar-refractivity contribution in [1.29, 1.82) is 0 Å². The van der Waals surface area contributed by atoms with Crippen molar-refractivity contribution in [2.45, 2.75) is 18.0 Å². The van der Waals surface area contributed by atoms with Gasteiger partial charge in [-0.3, -0.25) is 0 Å². The summed E-state index contributed by atoms with van der Waals surface area (Å²) < 4.78 is 7.17. The Hall–Kier alpha value is -2.31. The van der Waals surface area contributed by atoms with E-state index < -0.39 is 0 Å². The molecule has 0 spiro atoms. The average Bonchev–Trinajstić information content (AvgIpc) is 3.17. The summed E-state index contributed by atoms with van der Waals surface area (Å²) in [6.45, 7) is 1.61. The first-order valence-corrected chi connectivity index (χ1v) is 8.88. The minimum absolute atomic E-state index is 0.801. The highest BCUT2D eigenvalue weighted by Gasteiger charge is 2.03. The maximum absolute atomic E-state index is 5.43. The molecule has 0 radical (unpaired) electrons. The third-order valence-electron chi connectivity index (χ3n) is 3.73. The van der Waals surface area contributed by atoms with Crippen molar-refractivity contribution in [3.05, 3.63) is 66.2 Å². The maximum atomic E-state index is 5.43. The van der Waals surface area contributed by atoms with Crippen LogP contribution in [0.5, 0.6) is 5.75 Å². The van der Waals surface area contributed by atoms with Crippen LogP contribution in [-0.2, 0) is 13.1 Å². The van der Waals surface area contributed by atoms with Crippen LogP contribution in [0.15, 0.2) is 60.0 Å². The molecule has 2 aromatic carbocycles. The second-order valence-corrected chi connectivity index (χ2v) is 6.15. The molecule has 0 saturated carbocycles. The van der Waals surface area contributed by atoms with Crippen molar-refractivity contribution < 1.29 is 4.74 Å². The number of nitrogens with zero attached hydrogens (tertiary/aromatic N) is 3. The normalized spacial score (nSPS) is 10.8. The Balaban J connectivity index is 1.56. The van der Waals surface area contributed by atoms with E-state index in [2.05, 4.69) is 52.0 Å². The van der Waals surface area contributed by atoms with E-state index in [0.717, 1.165) is 29.4 Å². The van der Waals surface area contributed by atoms with Gasteiger partial charge in [0.25, 0.3) is 0 Å². The van der Waals surface area contributed by atoms with Gasteiger partial charge >= 0.3 is 0 Å². The molecular weight excluding hydrogens is 320 g/mol. The number of rotatable bonds is 7. The fourth-order valence-electron chi connectivity index (χ4n) is 2.45. The molecule has 0 atom stereocenters. The first-order valence-electron chi connectivity index (χ1n) is 7.65. The van der Waals surface area contributed by atoms with Crippen LogP contribution in [-0.4, -0.2) is 28.1 Å². The average molecular weight is 340 g/mol. The lowest BCUT2D eigenvalue weighted by Gasteiger charge is -2.10. The first-order chi connectivity index (χ1) is 11.8. The van der Waals surface area contributed by atoms with Gasteiger partial charge in [0.1, 0.15) is 18.4 Å². The van der Waals surface area contributed by atoms with E-state index in [0.29, 0.717) is 0 Å². The summed E-state index contributed by atoms with van der Waals surface area (Å²) >= 11 is 1.69. The highest BCUT2D eigenvalue weighted by atomic mass is 32.2. The summed E-state index contributed by atoms with van der Waals surface area (Å²) in [6, 6.07) is 14.6. The predicted molar refractivity (Wildman–Crippen MR) is 96.7 cm³/mol. The summed E-state index contributed by atoms with van der Waals surface area (Å²) in [5.41, 5.74) is 3.45. The number of hydrogen-bond donors (Lipinski definition) is 1. The highest BCUT2D eigenvalue weighted by molar-refractivity contribution is 7.98. The van der Waals surface area contributed by atoms with E-state index in [4.69, 9.17) is 4.74 Å². The molecule has 0 unspecified atom stereocenters. The van der Waals surface area contributed by atoms with Gasteiger partial charge in [0.05, 0.1) is 12.8 Å². The van der Waals surface area contributed by atoms with Gasteiger partial charge < -0.3 is 10.1 Å². The zero-order chi connectivity index (χ0) is 16.8. The maximum Gasteiger partial charge on any atom is 0.138 e. The molecule has 0 aliphatic heterocycles. The van der Waals surface area contributed by atoms with Crippen LogP contribution < -0.4 is 10.1 Å². The monoisotopic (exact) mass is 340 g/mol. The first kappa shape index (κ1) is 16.5. The minimum atomic E-state index is 0.801. The summed E-state index contributed by atoms with van der Waals surface area (Å²) in [5, 5.41) is 7.59. The summed E-state index contributed by atoms with van der Waals surface area (Å²) in [4.78, 5) is 5.12. The van der Waals surface area contributed by atoms with E-state index in [-0.39, 0.29) is 0 Å². The Kier molecular flexibility index (Phi) is 5.51. The molecule has 0 bridgehead atoms. The molecule has 0 aliphatic rings. The van der Waals surface area contributed by atoms with E-state index >= 15 is 0 Å². The van der Waals surface area contributed by atoms with E-state index in [9.17, 15) is 0 Å². The van der Waals surface area contributed by atoms with Gasteiger partial charge in [-0.1, -0.05) is 18.2 Å². The Labute approximate surface area is 146 Å². The zero-order valence-electron chi connectivity index (χ0n) is 13.8. The lowest BCUT2D eigenvalue weighted by molar-refractivity contribution is 0.404. The standard InChI is InChI=1S/C18H20N4OS/c1-23-17-9-15(5-8-18(17)24-2)11-19-10-14-3-6-16(7-4-14)22-13-20-12-21-22/h3-9,12-13,19H,10-11H2,1-2H3. The summed E-state index contributed by atoms with van der Waals surface area (Å²) in [7, 11) is 1.71. The fourth-order valence-corrected chi connectivity index (χ4v) is 3.00. The lowest BCUT2D eigenvalue weighted by atomic mass is 10.2. The number of aromatic nitrogens is 3. The van der Waals surface area contributed by atoms with E-state index in [1.807, 2.05) is 12.1 Å². The van der Waals surface area contributed by atoms with Gasteiger partial charge in [-0.25, -0.2) is 9.67 Å². The van der Waals surface area contributed by atoms with Crippen LogP contribution in [0.1, 0.15) is 11.1 Å². The van der Waals surface area contributed by atoms with Crippen molar-refractivity contribution in [3.63, 3.8) is 0 Å². The number of nitrogens with one attached hydrogen (secondary N) is 1. The van der Waals surface area contributed by atoms with Crippen LogP contribution in [0.25, 0.3) is 5.69 Å². The molecule has 0 fully saturated rings. The molecule has 1 aromatic heterocycles. The van der Waals surface area contributed by atoms with Gasteiger partial charge in [-0.05, 0) is 41.6 Å². The van der Waals surface area contributed by atoms with Crippen molar-refractivity contribution in [2.75, 3.05) is 13.4 Å². The van der Waals surface area contributed by atoms with Crippen LogP contribution in [0, 0.1) is 0 Å². The van der Waals surface area contributed by atoms with Crippen molar-refractivity contribution in [3.8, 4) is 11.4 Å². The second kappa shape index (κ2) is 7.99. The Morgan fingerprint density at radius 1 is 1.08 bits per heavy atom. The quantitative estimate of drug-likeness (QED) is 0.669. The molecule has 5 nitrogen and oxygen atoms in total. The molecule has 124 valence electrons. The Morgan fingerprint density at radius 3 is 2.50 bits per heavy atom. The van der Waals surface area contributed by atoms with Crippen LogP contribution in [0.3, 0.4) is 0 Å². The van der Waals surface area contributed by atoms with Gasteiger partial charge in [0.15, 0.2) is 0 Å². The largest absolute Gasteiger partial charge is 0.496 e. The fraction of sp³-hybridized carbons (Fsp3) is 0.222. The molecule has 6 heteroatoms. The Morgan fingerprint density at radius 2 is 1.83 bits per heavy atom. The molecule has 0 aliphatic carbocycles. The lowest BCUT2D eigenvalue weighted by Crippen LogP contribution is -2.12. The van der Waals surface area contributed by atoms with Crippen LogP contribution >= 0.6 is 11.8 Å². The van der Waals surface area contributed by atoms with Gasteiger partial charge in [0, 0.05) is 18.0 Å². The van der Waals surface area contributed by atoms with Gasteiger partial charge in [-0.15, -0.1) is 11.8 Å². The molecule has 3 aromatic rings. The van der Waals surface area contributed by atoms with E-state index in [1.165, 1.54) is 17.5 Å². The molecule has 0 amide bonds. The van der Waals surface area contributed by atoms with Crippen molar-refractivity contribution in [1.82, 2.24) is 20.1 Å². The summed E-state index contributed by atoms with van der Waals surface area (Å²) in [5.74, 6) is 0.930. The smallest absolute Gasteiger partial charge is 0.138 e. The van der Waals surface area contributed by atoms with Crippen LogP contribution in [0.4, 0.5) is 0 Å². The number of methoxy groups -OCH3 is 1. The Bertz CT molecular complexity index is 772. The van der Waals surface area contributed by atoms with Gasteiger partial charge in [0.2, 0.25) is 0 Å². The molecule has 3 rings (SSSR count). The SMILES string of the molecule is COc1cc(CNCc2ccc(-n3cncn3)cc2)ccc1SC. The molecule has 1 heterocycles. The third-order valence-corrected chi connectivity index (χ3v) is 4.50. The molecule has 1 N–H and O–H groups in total. The van der Waals surface area contributed by atoms with E-state index in [1.54, 1.807) is 29.9 Å². The minimum Gasteiger partial charge on any atom is -0.496 e. The predicted octanol–water partition coefficient (Wildman–Crippen LogP) is 3.29. The third kappa shape index (κ3) is 3.96. The molecule has 0 saturated heterocycles. The van der Waals surface area contributed by atoms with Crippen LogP contribution in [0.2, 0.25) is 0 Å². The number of benzene rings is 2. The van der Waals surface area contributed by atoms with Crippen molar-refractivity contribution >= 4 is 11.8 Å². The number of ether oxygens (including phenoxy) is 1. The van der Waals surface area contributed by atoms with Crippen molar-refractivity contribution in [2.24, 2.45) is 0 Å². The highest BCUT2D eigenvalue weighted by Crippen LogP contribution is 2.28. The number of thioether (sulfide) groups is 1. The topological polar surface area (TPSA) is 52.0 Å². The molecule has 24 heavy (non-hydrogen) atoms. The van der Waals surface area contributed by atoms with Gasteiger partial charge in [-0.2, -0.15) is 5.10 Å². The summed E-state index contributed by atoms with van der Waals surface area (Å²) in [6.07, 6.45) is 5.28. The second-order valence-electron chi connectivity index (χ2n) is 5.30. The number of hydrogen-bond acceptors (Lipinski definition) is 5. The zero-order valence-corrected chi connectivity index (χ0v) is 14.6. The molecular formula is C18H20N4OS.